The van der Waals surface area contributed by atoms with Crippen molar-refractivity contribution in [1.29, 1.82) is 0 Å². The van der Waals surface area contributed by atoms with E-state index in [4.69, 9.17) is 9.47 Å². The number of carbonyl (C=O) groups excluding carboxylic acids is 2. The third kappa shape index (κ3) is 4.99. The molecule has 0 amide bonds. The van der Waals surface area contributed by atoms with Crippen LogP contribution in [0.2, 0.25) is 0 Å². The number of aryl methyl sites for hydroxylation is 1. The minimum atomic E-state index is -0.817. The fraction of sp³-hybridized carbons (Fsp3) is 0.429. The molecule has 0 fully saturated rings. The summed E-state index contributed by atoms with van der Waals surface area (Å²) in [4.78, 5) is 22.5. The highest BCUT2D eigenvalue weighted by Gasteiger charge is 2.22. The number of benzene rings is 1. The molecule has 18 heavy (non-hydrogen) atoms. The van der Waals surface area contributed by atoms with Gasteiger partial charge in [0.1, 0.15) is 0 Å². The van der Waals surface area contributed by atoms with Gasteiger partial charge in [-0.05, 0) is 25.3 Å². The zero-order valence-electron chi connectivity index (χ0n) is 10.7. The van der Waals surface area contributed by atoms with Gasteiger partial charge in [-0.15, -0.1) is 0 Å². The standard InChI is InChI=1S/C14H18O4/c1-3-17-14(16)13(18-11(2)15)10-9-12-7-5-4-6-8-12/h4-8,13H,3,9-10H2,1-2H3/t13-/m1/s1. The predicted molar refractivity (Wildman–Crippen MR) is 67.0 cm³/mol. The summed E-state index contributed by atoms with van der Waals surface area (Å²) in [5.41, 5.74) is 1.10. The first-order valence-electron chi connectivity index (χ1n) is 6.01. The van der Waals surface area contributed by atoms with E-state index >= 15 is 0 Å². The molecule has 0 aliphatic heterocycles. The van der Waals surface area contributed by atoms with E-state index in [9.17, 15) is 9.59 Å². The largest absolute Gasteiger partial charge is 0.463 e. The van der Waals surface area contributed by atoms with Crippen LogP contribution >= 0.6 is 0 Å². The maximum absolute atomic E-state index is 11.6. The van der Waals surface area contributed by atoms with Crippen LogP contribution in [0.3, 0.4) is 0 Å². The Morgan fingerprint density at radius 1 is 1.22 bits per heavy atom. The molecule has 4 heteroatoms. The van der Waals surface area contributed by atoms with Gasteiger partial charge in [-0.25, -0.2) is 4.79 Å². The molecule has 1 aromatic rings. The van der Waals surface area contributed by atoms with E-state index in [1.165, 1.54) is 6.92 Å². The summed E-state index contributed by atoms with van der Waals surface area (Å²) >= 11 is 0. The van der Waals surface area contributed by atoms with Gasteiger partial charge in [-0.2, -0.15) is 0 Å². The zero-order chi connectivity index (χ0) is 13.4. The molecule has 1 aromatic carbocycles. The van der Waals surface area contributed by atoms with Gasteiger partial charge in [-0.1, -0.05) is 30.3 Å². The normalized spacial score (nSPS) is 11.7. The Hall–Kier alpha value is -1.84. The van der Waals surface area contributed by atoms with Crippen LogP contribution in [0.1, 0.15) is 25.8 Å². The topological polar surface area (TPSA) is 52.6 Å². The molecule has 0 heterocycles. The van der Waals surface area contributed by atoms with Crippen LogP contribution < -0.4 is 0 Å². The summed E-state index contributed by atoms with van der Waals surface area (Å²) in [7, 11) is 0. The van der Waals surface area contributed by atoms with Crippen molar-refractivity contribution in [3.05, 3.63) is 35.9 Å². The summed E-state index contributed by atoms with van der Waals surface area (Å²) in [5.74, 6) is -0.954. The van der Waals surface area contributed by atoms with Crippen molar-refractivity contribution in [3.8, 4) is 0 Å². The first-order valence-corrected chi connectivity index (χ1v) is 6.01. The van der Waals surface area contributed by atoms with Crippen molar-refractivity contribution >= 4 is 11.9 Å². The molecule has 0 unspecified atom stereocenters. The number of hydrogen-bond acceptors (Lipinski definition) is 4. The van der Waals surface area contributed by atoms with Gasteiger partial charge in [0.2, 0.25) is 0 Å². The maximum atomic E-state index is 11.6. The fourth-order valence-corrected chi connectivity index (χ4v) is 1.60. The molecular formula is C14H18O4. The van der Waals surface area contributed by atoms with Gasteiger partial charge in [0.15, 0.2) is 6.10 Å². The maximum Gasteiger partial charge on any atom is 0.347 e. The SMILES string of the molecule is CCOC(=O)[C@@H](CCc1ccccc1)OC(C)=O. The third-order valence-corrected chi connectivity index (χ3v) is 2.40. The Balaban J connectivity index is 2.55. The van der Waals surface area contributed by atoms with Crippen LogP contribution in [-0.2, 0) is 25.5 Å². The van der Waals surface area contributed by atoms with E-state index in [2.05, 4.69) is 0 Å². The molecule has 0 aliphatic carbocycles. The molecule has 0 aliphatic rings. The first kappa shape index (κ1) is 14.2. The molecule has 0 N–H and O–H groups in total. The average Bonchev–Trinajstić information content (AvgIpc) is 2.35. The average molecular weight is 250 g/mol. The second kappa shape index (κ2) is 7.48. The van der Waals surface area contributed by atoms with Crippen molar-refractivity contribution in [1.82, 2.24) is 0 Å². The summed E-state index contributed by atoms with van der Waals surface area (Å²) in [6.07, 6.45) is 0.280. The molecule has 98 valence electrons. The Labute approximate surface area is 107 Å². The Morgan fingerprint density at radius 3 is 2.44 bits per heavy atom. The van der Waals surface area contributed by atoms with E-state index < -0.39 is 18.0 Å². The quantitative estimate of drug-likeness (QED) is 0.726. The van der Waals surface area contributed by atoms with Crippen molar-refractivity contribution in [2.45, 2.75) is 32.8 Å². The number of esters is 2. The predicted octanol–water partition coefficient (Wildman–Crippen LogP) is 2.11. The minimum absolute atomic E-state index is 0.280. The molecule has 0 saturated heterocycles. The highest BCUT2D eigenvalue weighted by Crippen LogP contribution is 2.09. The summed E-state index contributed by atoms with van der Waals surface area (Å²) in [6.45, 7) is 3.29. The lowest BCUT2D eigenvalue weighted by molar-refractivity contribution is -0.166. The van der Waals surface area contributed by atoms with E-state index in [-0.39, 0.29) is 6.61 Å². The van der Waals surface area contributed by atoms with Crippen LogP contribution in [-0.4, -0.2) is 24.6 Å². The Morgan fingerprint density at radius 2 is 1.89 bits per heavy atom. The van der Waals surface area contributed by atoms with Gasteiger partial charge >= 0.3 is 11.9 Å². The molecule has 1 rings (SSSR count). The van der Waals surface area contributed by atoms with Crippen LogP contribution in [0.4, 0.5) is 0 Å². The molecule has 0 bridgehead atoms. The first-order chi connectivity index (χ1) is 8.63. The van der Waals surface area contributed by atoms with Gasteiger partial charge in [0, 0.05) is 6.92 Å². The monoisotopic (exact) mass is 250 g/mol. The highest BCUT2D eigenvalue weighted by molar-refractivity contribution is 5.78. The van der Waals surface area contributed by atoms with Crippen molar-refractivity contribution in [2.24, 2.45) is 0 Å². The zero-order valence-corrected chi connectivity index (χ0v) is 10.7. The summed E-state index contributed by atoms with van der Waals surface area (Å²) < 4.78 is 9.85. The second-order valence-electron chi connectivity index (χ2n) is 3.87. The van der Waals surface area contributed by atoms with E-state index in [0.29, 0.717) is 12.8 Å². The van der Waals surface area contributed by atoms with Crippen LogP contribution in [0, 0.1) is 0 Å². The molecule has 0 radical (unpaired) electrons. The molecule has 4 nitrogen and oxygen atoms in total. The number of ether oxygens (including phenoxy) is 2. The highest BCUT2D eigenvalue weighted by atomic mass is 16.6. The molecule has 0 saturated carbocycles. The Bertz CT molecular complexity index is 386. The number of rotatable bonds is 6. The van der Waals surface area contributed by atoms with E-state index in [1.807, 2.05) is 30.3 Å². The van der Waals surface area contributed by atoms with Crippen molar-refractivity contribution in [2.75, 3.05) is 6.61 Å². The second-order valence-corrected chi connectivity index (χ2v) is 3.87. The Kier molecular flexibility index (Phi) is 5.91. The molecular weight excluding hydrogens is 232 g/mol. The van der Waals surface area contributed by atoms with Crippen LogP contribution in [0.15, 0.2) is 30.3 Å². The minimum Gasteiger partial charge on any atom is -0.463 e. The molecule has 1 atom stereocenters. The van der Waals surface area contributed by atoms with Gasteiger partial charge in [0.25, 0.3) is 0 Å². The lowest BCUT2D eigenvalue weighted by atomic mass is 10.1. The van der Waals surface area contributed by atoms with Gasteiger partial charge in [-0.3, -0.25) is 4.79 Å². The fourth-order valence-electron chi connectivity index (χ4n) is 1.60. The van der Waals surface area contributed by atoms with E-state index in [0.717, 1.165) is 5.56 Å². The number of hydrogen-bond donors (Lipinski definition) is 0. The van der Waals surface area contributed by atoms with Crippen LogP contribution in [0.5, 0.6) is 0 Å². The van der Waals surface area contributed by atoms with Crippen molar-refractivity contribution in [3.63, 3.8) is 0 Å². The number of carbonyl (C=O) groups is 2. The smallest absolute Gasteiger partial charge is 0.347 e. The van der Waals surface area contributed by atoms with E-state index in [1.54, 1.807) is 6.92 Å². The van der Waals surface area contributed by atoms with Gasteiger partial charge < -0.3 is 9.47 Å². The lowest BCUT2D eigenvalue weighted by Gasteiger charge is -2.15. The molecule has 0 aromatic heterocycles. The molecule has 0 spiro atoms. The summed E-state index contributed by atoms with van der Waals surface area (Å²) in [6, 6.07) is 9.73. The summed E-state index contributed by atoms with van der Waals surface area (Å²) in [5, 5.41) is 0. The third-order valence-electron chi connectivity index (χ3n) is 2.40. The van der Waals surface area contributed by atoms with Crippen molar-refractivity contribution < 1.29 is 19.1 Å². The van der Waals surface area contributed by atoms with Gasteiger partial charge in [0.05, 0.1) is 6.61 Å². The van der Waals surface area contributed by atoms with Crippen LogP contribution in [0.25, 0.3) is 0 Å². The lowest BCUT2D eigenvalue weighted by Crippen LogP contribution is -2.29.